The van der Waals surface area contributed by atoms with Crippen LogP contribution in [0.1, 0.15) is 18.1 Å². The van der Waals surface area contributed by atoms with Crippen LogP contribution in [0, 0.1) is 0 Å². The third kappa shape index (κ3) is 8.05. The number of carbonyl (C=O) groups excluding carboxylic acids is 2. The predicted molar refractivity (Wildman–Crippen MR) is 151 cm³/mol. The topological polar surface area (TPSA) is 86.8 Å². The first-order valence-corrected chi connectivity index (χ1v) is 14.7. The molecule has 1 atom stereocenters. The molecule has 0 aromatic heterocycles. The van der Waals surface area contributed by atoms with E-state index >= 15 is 0 Å². The average molecular weight is 607 g/mol. The molecule has 0 unspecified atom stereocenters. The van der Waals surface area contributed by atoms with E-state index in [4.69, 9.17) is 11.6 Å². The van der Waals surface area contributed by atoms with Crippen LogP contribution < -0.4 is 9.62 Å². The first-order chi connectivity index (χ1) is 17.6. The lowest BCUT2D eigenvalue weighted by Gasteiger charge is -2.33. The second kappa shape index (κ2) is 13.1. The maximum Gasteiger partial charge on any atom is 0.244 e. The summed E-state index contributed by atoms with van der Waals surface area (Å²) in [5.41, 5.74) is 1.84. The zero-order chi connectivity index (χ0) is 27.0. The van der Waals surface area contributed by atoms with Crippen molar-refractivity contribution in [2.75, 3.05) is 23.7 Å². The van der Waals surface area contributed by atoms with Crippen molar-refractivity contribution in [3.63, 3.8) is 0 Å². The molecule has 2 amide bonds. The van der Waals surface area contributed by atoms with Crippen molar-refractivity contribution in [2.24, 2.45) is 0 Å². The van der Waals surface area contributed by atoms with E-state index in [2.05, 4.69) is 21.2 Å². The second-order valence-corrected chi connectivity index (χ2v) is 11.7. The van der Waals surface area contributed by atoms with Crippen LogP contribution in [0.5, 0.6) is 0 Å². The van der Waals surface area contributed by atoms with E-state index in [0.717, 1.165) is 16.1 Å². The lowest BCUT2D eigenvalue weighted by Crippen LogP contribution is -2.53. The Morgan fingerprint density at radius 2 is 1.68 bits per heavy atom. The predicted octanol–water partition coefficient (Wildman–Crippen LogP) is 4.64. The van der Waals surface area contributed by atoms with Gasteiger partial charge in [0.25, 0.3) is 0 Å². The summed E-state index contributed by atoms with van der Waals surface area (Å²) in [4.78, 5) is 28.6. The Morgan fingerprint density at radius 1 is 1.00 bits per heavy atom. The van der Waals surface area contributed by atoms with Crippen molar-refractivity contribution in [2.45, 2.75) is 25.9 Å². The van der Waals surface area contributed by atoms with Crippen molar-refractivity contribution < 1.29 is 18.0 Å². The van der Waals surface area contributed by atoms with Crippen LogP contribution >= 0.6 is 27.5 Å². The monoisotopic (exact) mass is 605 g/mol. The van der Waals surface area contributed by atoms with Gasteiger partial charge in [-0.3, -0.25) is 13.9 Å². The summed E-state index contributed by atoms with van der Waals surface area (Å²) in [7, 11) is -3.82. The molecule has 0 aliphatic carbocycles. The van der Waals surface area contributed by atoms with Gasteiger partial charge in [0.2, 0.25) is 21.8 Å². The first kappa shape index (κ1) is 28.7. The molecule has 0 radical (unpaired) electrons. The van der Waals surface area contributed by atoms with Gasteiger partial charge in [0, 0.05) is 29.0 Å². The largest absolute Gasteiger partial charge is 0.355 e. The summed E-state index contributed by atoms with van der Waals surface area (Å²) in [5, 5.41) is 3.27. The SMILES string of the molecule is CCNC(=O)[C@H](Cc1ccccc1)N(Cc1ccccc1Cl)C(=O)CN(c1cccc(Br)c1)S(C)(=O)=O. The standard InChI is InChI=1S/C27H29BrClN3O4S/c1-3-30-27(34)25(16-20-10-5-4-6-11-20)31(18-21-12-7-8-15-24(21)29)26(33)19-32(37(2,35)36)23-14-9-13-22(28)17-23/h4-15,17,25H,3,16,18-19H2,1-2H3,(H,30,34)/t25-/m0/s1. The van der Waals surface area contributed by atoms with Crippen molar-refractivity contribution in [3.05, 3.63) is 99.5 Å². The molecule has 3 rings (SSSR count). The number of likely N-dealkylation sites (N-methyl/N-ethyl adjacent to an activating group) is 1. The van der Waals surface area contributed by atoms with Crippen molar-refractivity contribution in [1.29, 1.82) is 0 Å². The van der Waals surface area contributed by atoms with Crippen LogP contribution in [0.4, 0.5) is 5.69 Å². The number of hydrogen-bond acceptors (Lipinski definition) is 4. The molecule has 0 spiro atoms. The van der Waals surface area contributed by atoms with Gasteiger partial charge in [0.15, 0.2) is 0 Å². The van der Waals surface area contributed by atoms with Crippen LogP contribution in [0.15, 0.2) is 83.3 Å². The molecule has 1 N–H and O–H groups in total. The van der Waals surface area contributed by atoms with Gasteiger partial charge in [-0.25, -0.2) is 8.42 Å². The van der Waals surface area contributed by atoms with Crippen LogP contribution in [-0.2, 0) is 32.6 Å². The number of anilines is 1. The number of rotatable bonds is 11. The van der Waals surface area contributed by atoms with Gasteiger partial charge in [-0.2, -0.15) is 0 Å². The molecule has 0 heterocycles. The fraction of sp³-hybridized carbons (Fsp3) is 0.259. The Kier molecular flexibility index (Phi) is 10.1. The van der Waals surface area contributed by atoms with E-state index in [1.807, 2.05) is 30.3 Å². The molecular weight excluding hydrogens is 578 g/mol. The molecule has 0 bridgehead atoms. The number of amides is 2. The minimum atomic E-state index is -3.82. The molecule has 0 aliphatic heterocycles. The highest BCUT2D eigenvalue weighted by Gasteiger charge is 2.33. The molecule has 10 heteroatoms. The summed E-state index contributed by atoms with van der Waals surface area (Å²) in [6, 6.07) is 22.2. The summed E-state index contributed by atoms with van der Waals surface area (Å²) in [6.07, 6.45) is 1.30. The maximum atomic E-state index is 13.9. The Labute approximate surface area is 231 Å². The van der Waals surface area contributed by atoms with E-state index < -0.39 is 28.5 Å². The van der Waals surface area contributed by atoms with E-state index in [0.29, 0.717) is 27.3 Å². The molecule has 7 nitrogen and oxygen atoms in total. The molecule has 0 aliphatic rings. The molecular formula is C27H29BrClN3O4S. The molecule has 196 valence electrons. The fourth-order valence-corrected chi connectivity index (χ4v) is 5.33. The number of sulfonamides is 1. The lowest BCUT2D eigenvalue weighted by molar-refractivity contribution is -0.140. The third-order valence-electron chi connectivity index (χ3n) is 5.70. The number of benzene rings is 3. The van der Waals surface area contributed by atoms with Gasteiger partial charge in [0.1, 0.15) is 12.6 Å². The highest BCUT2D eigenvalue weighted by atomic mass is 79.9. The zero-order valence-electron chi connectivity index (χ0n) is 20.6. The van der Waals surface area contributed by atoms with Gasteiger partial charge in [-0.1, -0.05) is 82.1 Å². The fourth-order valence-electron chi connectivity index (χ4n) is 3.90. The van der Waals surface area contributed by atoms with E-state index in [1.165, 1.54) is 4.90 Å². The van der Waals surface area contributed by atoms with Crippen molar-refractivity contribution in [1.82, 2.24) is 10.2 Å². The van der Waals surface area contributed by atoms with Gasteiger partial charge in [-0.15, -0.1) is 0 Å². The summed E-state index contributed by atoms with van der Waals surface area (Å²) in [5.74, 6) is -0.863. The van der Waals surface area contributed by atoms with Crippen LogP contribution in [0.25, 0.3) is 0 Å². The quantitative estimate of drug-likeness (QED) is 0.345. The Bertz CT molecular complexity index is 1340. The number of nitrogens with one attached hydrogen (secondary N) is 1. The van der Waals surface area contributed by atoms with Crippen LogP contribution in [-0.4, -0.2) is 50.5 Å². The highest BCUT2D eigenvalue weighted by Crippen LogP contribution is 2.24. The second-order valence-electron chi connectivity index (χ2n) is 8.46. The van der Waals surface area contributed by atoms with E-state index in [-0.39, 0.29) is 18.9 Å². The number of nitrogens with zero attached hydrogens (tertiary/aromatic N) is 2. The normalized spacial score (nSPS) is 12.0. The van der Waals surface area contributed by atoms with Crippen LogP contribution in [0.2, 0.25) is 5.02 Å². The van der Waals surface area contributed by atoms with Gasteiger partial charge >= 0.3 is 0 Å². The van der Waals surface area contributed by atoms with Gasteiger partial charge in [-0.05, 0) is 42.3 Å². The minimum absolute atomic E-state index is 0.0310. The molecule has 3 aromatic carbocycles. The summed E-state index contributed by atoms with van der Waals surface area (Å²) >= 11 is 9.78. The molecule has 0 fully saturated rings. The van der Waals surface area contributed by atoms with Crippen molar-refractivity contribution in [3.8, 4) is 0 Å². The summed E-state index contributed by atoms with van der Waals surface area (Å²) < 4.78 is 27.2. The zero-order valence-corrected chi connectivity index (χ0v) is 23.8. The van der Waals surface area contributed by atoms with Crippen molar-refractivity contribution >= 4 is 55.1 Å². The lowest BCUT2D eigenvalue weighted by atomic mass is 10.0. The number of hydrogen-bond donors (Lipinski definition) is 1. The molecule has 0 saturated carbocycles. The Balaban J connectivity index is 2.05. The van der Waals surface area contributed by atoms with E-state index in [9.17, 15) is 18.0 Å². The minimum Gasteiger partial charge on any atom is -0.355 e. The molecule has 37 heavy (non-hydrogen) atoms. The number of carbonyl (C=O) groups is 2. The maximum absolute atomic E-state index is 13.9. The van der Waals surface area contributed by atoms with Crippen LogP contribution in [0.3, 0.4) is 0 Å². The van der Waals surface area contributed by atoms with E-state index in [1.54, 1.807) is 55.5 Å². The highest BCUT2D eigenvalue weighted by molar-refractivity contribution is 9.10. The third-order valence-corrected chi connectivity index (χ3v) is 7.70. The first-order valence-electron chi connectivity index (χ1n) is 11.7. The van der Waals surface area contributed by atoms with Gasteiger partial charge < -0.3 is 10.2 Å². The average Bonchev–Trinajstić information content (AvgIpc) is 2.85. The number of halogens is 2. The Hall–Kier alpha value is -2.88. The Morgan fingerprint density at radius 3 is 2.30 bits per heavy atom. The smallest absolute Gasteiger partial charge is 0.244 e. The summed E-state index contributed by atoms with van der Waals surface area (Å²) in [6.45, 7) is 1.73. The van der Waals surface area contributed by atoms with Gasteiger partial charge in [0.05, 0.1) is 11.9 Å². The molecule has 0 saturated heterocycles. The molecule has 3 aromatic rings.